The number of ketones is 1. The molecule has 0 bridgehead atoms. The molecule has 0 spiro atoms. The Morgan fingerprint density at radius 3 is 2.26 bits per heavy atom. The molecule has 1 fully saturated rings. The number of thiazole rings is 1. The number of nitrogens with zero attached hydrogens (tertiary/aromatic N) is 2. The van der Waals surface area contributed by atoms with E-state index in [0.717, 1.165) is 11.1 Å². The van der Waals surface area contributed by atoms with Gasteiger partial charge in [-0.15, -0.1) is 0 Å². The minimum Gasteiger partial charge on any atom is -0.507 e. The van der Waals surface area contributed by atoms with Gasteiger partial charge < -0.3 is 19.3 Å². The smallest absolute Gasteiger partial charge is 0.301 e. The van der Waals surface area contributed by atoms with Gasteiger partial charge in [-0.2, -0.15) is 0 Å². The largest absolute Gasteiger partial charge is 0.507 e. The highest BCUT2D eigenvalue weighted by Gasteiger charge is 2.48. The summed E-state index contributed by atoms with van der Waals surface area (Å²) >= 11 is 1.27. The van der Waals surface area contributed by atoms with Crippen molar-refractivity contribution in [1.82, 2.24) is 4.98 Å². The highest BCUT2D eigenvalue weighted by molar-refractivity contribution is 7.22. The third kappa shape index (κ3) is 4.56. The van der Waals surface area contributed by atoms with E-state index in [1.165, 1.54) is 16.2 Å². The quantitative estimate of drug-likeness (QED) is 0.177. The summed E-state index contributed by atoms with van der Waals surface area (Å²) in [6, 6.07) is 18.4. The van der Waals surface area contributed by atoms with Gasteiger partial charge in [-0.05, 0) is 66.6 Å². The van der Waals surface area contributed by atoms with Crippen LogP contribution < -0.4 is 19.1 Å². The standard InChI is InChI=1S/C29H26N2O6S/c1-4-15-37-20-11-5-17(6-12-20)25-24(26(32)18-7-9-19(35-2)10-8-18)27(33)28(34)31(25)29-30-22-14-13-21(36-3)16-23(22)38-29/h5-14,16,25,32H,4,15H2,1-3H3. The molecule has 38 heavy (non-hydrogen) atoms. The molecule has 0 saturated carbocycles. The van der Waals surface area contributed by atoms with E-state index in [1.807, 2.05) is 13.0 Å². The summed E-state index contributed by atoms with van der Waals surface area (Å²) in [6.07, 6.45) is 0.867. The third-order valence-corrected chi connectivity index (χ3v) is 7.28. The molecule has 1 N–H and O–H groups in total. The maximum absolute atomic E-state index is 13.5. The summed E-state index contributed by atoms with van der Waals surface area (Å²) in [7, 11) is 3.12. The molecular formula is C29H26N2O6S. The number of hydrogen-bond donors (Lipinski definition) is 1. The molecule has 1 saturated heterocycles. The lowest BCUT2D eigenvalue weighted by Gasteiger charge is -2.23. The molecule has 4 aromatic rings. The van der Waals surface area contributed by atoms with E-state index in [4.69, 9.17) is 14.2 Å². The van der Waals surface area contributed by atoms with Crippen molar-refractivity contribution in [3.63, 3.8) is 0 Å². The van der Waals surface area contributed by atoms with Crippen LogP contribution in [-0.2, 0) is 9.59 Å². The van der Waals surface area contributed by atoms with E-state index in [1.54, 1.807) is 74.9 Å². The lowest BCUT2D eigenvalue weighted by molar-refractivity contribution is -0.132. The molecule has 0 aliphatic carbocycles. The van der Waals surface area contributed by atoms with Crippen LogP contribution in [0.1, 0.15) is 30.5 Å². The summed E-state index contributed by atoms with van der Waals surface area (Å²) in [5.41, 5.74) is 1.69. The molecule has 1 aliphatic heterocycles. The number of carbonyl (C=O) groups excluding carboxylic acids is 2. The molecule has 1 unspecified atom stereocenters. The van der Waals surface area contributed by atoms with Crippen LogP contribution in [0.4, 0.5) is 5.13 Å². The maximum Gasteiger partial charge on any atom is 0.301 e. The van der Waals surface area contributed by atoms with Gasteiger partial charge in [0.1, 0.15) is 23.0 Å². The number of Topliss-reactive ketones (excluding diaryl/α,β-unsaturated/α-hetero) is 1. The van der Waals surface area contributed by atoms with Crippen LogP contribution in [0.2, 0.25) is 0 Å². The van der Waals surface area contributed by atoms with Crippen LogP contribution in [0.5, 0.6) is 17.2 Å². The van der Waals surface area contributed by atoms with Crippen LogP contribution >= 0.6 is 11.3 Å². The van der Waals surface area contributed by atoms with Crippen molar-refractivity contribution in [3.05, 3.63) is 83.4 Å². The molecule has 1 aromatic heterocycles. The first kappa shape index (κ1) is 25.3. The van der Waals surface area contributed by atoms with Crippen molar-refractivity contribution in [2.24, 2.45) is 0 Å². The molecule has 9 heteroatoms. The minimum absolute atomic E-state index is 0.0146. The highest BCUT2D eigenvalue weighted by Crippen LogP contribution is 2.45. The van der Waals surface area contributed by atoms with E-state index >= 15 is 0 Å². The van der Waals surface area contributed by atoms with Crippen molar-refractivity contribution in [2.75, 3.05) is 25.7 Å². The van der Waals surface area contributed by atoms with Crippen molar-refractivity contribution in [2.45, 2.75) is 19.4 Å². The second-order valence-electron chi connectivity index (χ2n) is 8.65. The minimum atomic E-state index is -0.889. The fraction of sp³-hybridized carbons (Fsp3) is 0.207. The Labute approximate surface area is 223 Å². The van der Waals surface area contributed by atoms with Gasteiger partial charge in [-0.25, -0.2) is 4.98 Å². The normalized spacial score (nSPS) is 16.7. The first-order chi connectivity index (χ1) is 18.4. The van der Waals surface area contributed by atoms with Gasteiger partial charge in [0.2, 0.25) is 0 Å². The van der Waals surface area contributed by atoms with E-state index in [0.29, 0.717) is 45.6 Å². The number of benzene rings is 3. The van der Waals surface area contributed by atoms with Gasteiger partial charge in [-0.1, -0.05) is 30.4 Å². The fourth-order valence-corrected chi connectivity index (χ4v) is 5.36. The molecule has 8 nitrogen and oxygen atoms in total. The van der Waals surface area contributed by atoms with Crippen LogP contribution in [0, 0.1) is 0 Å². The van der Waals surface area contributed by atoms with Crippen LogP contribution in [0.25, 0.3) is 16.0 Å². The molecule has 1 atom stereocenters. The molecule has 2 heterocycles. The Morgan fingerprint density at radius 1 is 0.947 bits per heavy atom. The number of ether oxygens (including phenoxy) is 3. The lowest BCUT2D eigenvalue weighted by Crippen LogP contribution is -2.29. The van der Waals surface area contributed by atoms with Crippen molar-refractivity contribution >= 4 is 44.1 Å². The topological polar surface area (TPSA) is 98.2 Å². The highest BCUT2D eigenvalue weighted by atomic mass is 32.1. The zero-order valence-corrected chi connectivity index (χ0v) is 22.0. The Hall–Kier alpha value is -4.37. The van der Waals surface area contributed by atoms with E-state index in [2.05, 4.69) is 4.98 Å². The van der Waals surface area contributed by atoms with Crippen molar-refractivity contribution in [1.29, 1.82) is 0 Å². The summed E-state index contributed by atoms with van der Waals surface area (Å²) in [5.74, 6) is 0.121. The van der Waals surface area contributed by atoms with Crippen LogP contribution in [0.15, 0.2) is 72.3 Å². The van der Waals surface area contributed by atoms with Crippen molar-refractivity contribution in [3.8, 4) is 17.2 Å². The first-order valence-electron chi connectivity index (χ1n) is 12.1. The number of rotatable bonds is 8. The molecule has 5 rings (SSSR count). The molecule has 194 valence electrons. The number of aromatic nitrogens is 1. The number of methoxy groups -OCH3 is 2. The zero-order chi connectivity index (χ0) is 26.8. The second-order valence-corrected chi connectivity index (χ2v) is 9.65. The van der Waals surface area contributed by atoms with Gasteiger partial charge in [0.15, 0.2) is 5.13 Å². The average molecular weight is 531 g/mol. The van der Waals surface area contributed by atoms with Gasteiger partial charge in [0.05, 0.1) is 42.7 Å². The Kier molecular flexibility index (Phi) is 7.02. The number of amides is 1. The Morgan fingerprint density at radius 2 is 1.61 bits per heavy atom. The Bertz CT molecular complexity index is 1530. The number of aliphatic hydroxyl groups is 1. The van der Waals surface area contributed by atoms with E-state index < -0.39 is 17.7 Å². The number of hydrogen-bond acceptors (Lipinski definition) is 8. The zero-order valence-electron chi connectivity index (χ0n) is 21.1. The molecule has 1 amide bonds. The summed E-state index contributed by atoms with van der Waals surface area (Å²) < 4.78 is 17.0. The second kappa shape index (κ2) is 10.5. The third-order valence-electron chi connectivity index (χ3n) is 6.27. The summed E-state index contributed by atoms with van der Waals surface area (Å²) in [6.45, 7) is 2.60. The van der Waals surface area contributed by atoms with Gasteiger partial charge in [-0.3, -0.25) is 14.5 Å². The SMILES string of the molecule is CCCOc1ccc(C2C(=C(O)c3ccc(OC)cc3)C(=O)C(=O)N2c2nc3ccc(OC)cc3s2)cc1. The molecular weight excluding hydrogens is 504 g/mol. The van der Waals surface area contributed by atoms with Crippen LogP contribution in [0.3, 0.4) is 0 Å². The summed E-state index contributed by atoms with van der Waals surface area (Å²) in [4.78, 5) is 32.9. The fourth-order valence-electron chi connectivity index (χ4n) is 4.34. The number of carbonyl (C=O) groups is 2. The lowest BCUT2D eigenvalue weighted by atomic mass is 9.95. The molecule has 3 aromatic carbocycles. The maximum atomic E-state index is 13.5. The summed E-state index contributed by atoms with van der Waals surface area (Å²) in [5, 5.41) is 11.7. The predicted octanol–water partition coefficient (Wildman–Crippen LogP) is 5.73. The number of fused-ring (bicyclic) bond motifs is 1. The number of aliphatic hydroxyl groups excluding tert-OH is 1. The first-order valence-corrected chi connectivity index (χ1v) is 12.9. The van der Waals surface area contributed by atoms with Gasteiger partial charge >= 0.3 is 5.91 Å². The van der Waals surface area contributed by atoms with E-state index in [9.17, 15) is 14.7 Å². The predicted molar refractivity (Wildman–Crippen MR) is 146 cm³/mol. The molecule has 0 radical (unpaired) electrons. The average Bonchev–Trinajstić information content (AvgIpc) is 3.49. The van der Waals surface area contributed by atoms with Gasteiger partial charge in [0.25, 0.3) is 5.78 Å². The Balaban J connectivity index is 1.65. The van der Waals surface area contributed by atoms with Crippen molar-refractivity contribution < 1.29 is 28.9 Å². The van der Waals surface area contributed by atoms with Gasteiger partial charge in [0, 0.05) is 5.56 Å². The van der Waals surface area contributed by atoms with Crippen LogP contribution in [-0.4, -0.2) is 42.6 Å². The monoisotopic (exact) mass is 530 g/mol. The number of anilines is 1. The van der Waals surface area contributed by atoms with E-state index in [-0.39, 0.29) is 11.3 Å². The molecule has 1 aliphatic rings.